The van der Waals surface area contributed by atoms with Crippen LogP contribution in [0.5, 0.6) is 11.5 Å². The van der Waals surface area contributed by atoms with Gasteiger partial charge in [-0.25, -0.2) is 0 Å². The van der Waals surface area contributed by atoms with Crippen LogP contribution in [0, 0.1) is 0 Å². The molecule has 4 nitrogen and oxygen atoms in total. The smallest absolute Gasteiger partial charge is 0.145 e. The average molecular weight is 234 g/mol. The highest BCUT2D eigenvalue weighted by molar-refractivity contribution is 5.31. The van der Waals surface area contributed by atoms with Crippen molar-refractivity contribution in [3.8, 4) is 11.5 Å². The second-order valence-electron chi connectivity index (χ2n) is 3.52. The van der Waals surface area contributed by atoms with Gasteiger partial charge in [0.15, 0.2) is 0 Å². The van der Waals surface area contributed by atoms with Crippen molar-refractivity contribution in [2.75, 3.05) is 13.7 Å². The molecule has 2 rings (SSSR count). The van der Waals surface area contributed by atoms with Gasteiger partial charge in [-0.2, -0.15) is 0 Å². The minimum Gasteiger partial charge on any atom is -0.497 e. The van der Waals surface area contributed by atoms with E-state index in [9.17, 15) is 5.11 Å². The second kappa shape index (κ2) is 5.41. The number of furan rings is 1. The fourth-order valence-corrected chi connectivity index (χ4v) is 1.41. The monoisotopic (exact) mass is 234 g/mol. The van der Waals surface area contributed by atoms with E-state index in [0.29, 0.717) is 11.5 Å². The molecule has 1 heterocycles. The van der Waals surface area contributed by atoms with E-state index < -0.39 is 6.10 Å². The number of hydrogen-bond acceptors (Lipinski definition) is 4. The quantitative estimate of drug-likeness (QED) is 0.863. The first-order chi connectivity index (χ1) is 8.29. The van der Waals surface area contributed by atoms with Crippen LogP contribution in [0.15, 0.2) is 47.1 Å². The Balaban J connectivity index is 1.89. The van der Waals surface area contributed by atoms with Crippen molar-refractivity contribution in [2.45, 2.75) is 6.10 Å². The normalized spacial score (nSPS) is 12.1. The molecule has 2 aromatic rings. The van der Waals surface area contributed by atoms with Crippen molar-refractivity contribution >= 4 is 0 Å². The summed E-state index contributed by atoms with van der Waals surface area (Å²) in [7, 11) is 1.61. The second-order valence-corrected chi connectivity index (χ2v) is 3.52. The molecule has 0 bridgehead atoms. The van der Waals surface area contributed by atoms with Crippen LogP contribution >= 0.6 is 0 Å². The Kier molecular flexibility index (Phi) is 3.67. The summed E-state index contributed by atoms with van der Waals surface area (Å²) in [5.41, 5.74) is 0. The summed E-state index contributed by atoms with van der Waals surface area (Å²) < 4.78 is 15.5. The summed E-state index contributed by atoms with van der Waals surface area (Å²) in [6, 6.07) is 10.6. The summed E-state index contributed by atoms with van der Waals surface area (Å²) in [6.45, 7) is 0.153. The fourth-order valence-electron chi connectivity index (χ4n) is 1.41. The van der Waals surface area contributed by atoms with Gasteiger partial charge in [-0.05, 0) is 36.4 Å². The number of benzene rings is 1. The molecular formula is C13H14O4. The molecule has 0 radical (unpaired) electrons. The first-order valence-corrected chi connectivity index (χ1v) is 5.28. The molecule has 0 fully saturated rings. The molecular weight excluding hydrogens is 220 g/mol. The standard InChI is InChI=1S/C13H14O4/c1-15-10-4-6-11(7-5-10)17-9-12(14)13-3-2-8-16-13/h2-8,12,14H,9H2,1H3. The van der Waals surface area contributed by atoms with Gasteiger partial charge in [0, 0.05) is 0 Å². The van der Waals surface area contributed by atoms with Gasteiger partial charge in [0.1, 0.15) is 30.0 Å². The lowest BCUT2D eigenvalue weighted by molar-refractivity contribution is 0.0888. The van der Waals surface area contributed by atoms with Gasteiger partial charge < -0.3 is 19.0 Å². The van der Waals surface area contributed by atoms with Crippen LogP contribution in [0.25, 0.3) is 0 Å². The SMILES string of the molecule is COc1ccc(OCC(O)c2ccco2)cc1. The van der Waals surface area contributed by atoms with Gasteiger partial charge in [-0.3, -0.25) is 0 Å². The lowest BCUT2D eigenvalue weighted by Crippen LogP contribution is -2.08. The van der Waals surface area contributed by atoms with Crippen LogP contribution in [-0.2, 0) is 0 Å². The molecule has 0 spiro atoms. The maximum atomic E-state index is 9.73. The lowest BCUT2D eigenvalue weighted by atomic mass is 10.3. The molecule has 0 aliphatic carbocycles. The topological polar surface area (TPSA) is 51.8 Å². The number of aliphatic hydroxyl groups excluding tert-OH is 1. The van der Waals surface area contributed by atoms with Crippen LogP contribution in [0.2, 0.25) is 0 Å². The Bertz CT molecular complexity index is 433. The van der Waals surface area contributed by atoms with E-state index in [2.05, 4.69) is 0 Å². The molecule has 17 heavy (non-hydrogen) atoms. The average Bonchev–Trinajstić information content (AvgIpc) is 2.90. The Morgan fingerprint density at radius 2 is 1.88 bits per heavy atom. The number of rotatable bonds is 5. The minimum absolute atomic E-state index is 0.153. The maximum Gasteiger partial charge on any atom is 0.145 e. The Hall–Kier alpha value is -1.94. The van der Waals surface area contributed by atoms with Gasteiger partial charge in [0.2, 0.25) is 0 Å². The van der Waals surface area contributed by atoms with E-state index in [-0.39, 0.29) is 6.61 Å². The zero-order valence-corrected chi connectivity index (χ0v) is 9.50. The zero-order valence-electron chi connectivity index (χ0n) is 9.50. The summed E-state index contributed by atoms with van der Waals surface area (Å²) >= 11 is 0. The van der Waals surface area contributed by atoms with Crippen molar-refractivity contribution in [1.82, 2.24) is 0 Å². The highest BCUT2D eigenvalue weighted by atomic mass is 16.5. The van der Waals surface area contributed by atoms with Crippen molar-refractivity contribution in [1.29, 1.82) is 0 Å². The van der Waals surface area contributed by atoms with Crippen LogP contribution in [0.1, 0.15) is 11.9 Å². The van der Waals surface area contributed by atoms with Crippen LogP contribution in [-0.4, -0.2) is 18.8 Å². The fraction of sp³-hybridized carbons (Fsp3) is 0.231. The molecule has 0 saturated carbocycles. The maximum absolute atomic E-state index is 9.73. The lowest BCUT2D eigenvalue weighted by Gasteiger charge is -2.10. The van der Waals surface area contributed by atoms with E-state index in [1.807, 2.05) is 0 Å². The minimum atomic E-state index is -0.757. The van der Waals surface area contributed by atoms with Crippen LogP contribution < -0.4 is 9.47 Å². The summed E-state index contributed by atoms with van der Waals surface area (Å²) in [6.07, 6.45) is 0.762. The summed E-state index contributed by atoms with van der Waals surface area (Å²) in [5, 5.41) is 9.73. The molecule has 1 aromatic heterocycles. The zero-order chi connectivity index (χ0) is 12.1. The highest BCUT2D eigenvalue weighted by Gasteiger charge is 2.10. The van der Waals surface area contributed by atoms with Gasteiger partial charge >= 0.3 is 0 Å². The van der Waals surface area contributed by atoms with Crippen molar-refractivity contribution < 1.29 is 19.0 Å². The highest BCUT2D eigenvalue weighted by Crippen LogP contribution is 2.19. The Morgan fingerprint density at radius 3 is 2.47 bits per heavy atom. The van der Waals surface area contributed by atoms with Crippen molar-refractivity contribution in [2.24, 2.45) is 0 Å². The van der Waals surface area contributed by atoms with E-state index in [4.69, 9.17) is 13.9 Å². The van der Waals surface area contributed by atoms with Crippen molar-refractivity contribution in [3.63, 3.8) is 0 Å². The molecule has 1 N–H and O–H groups in total. The third-order valence-electron chi connectivity index (χ3n) is 2.34. The van der Waals surface area contributed by atoms with Gasteiger partial charge in [0.25, 0.3) is 0 Å². The van der Waals surface area contributed by atoms with E-state index in [1.165, 1.54) is 6.26 Å². The summed E-state index contributed by atoms with van der Waals surface area (Å²) in [5.74, 6) is 1.94. The predicted octanol–water partition coefficient (Wildman–Crippen LogP) is 2.40. The molecule has 4 heteroatoms. The molecule has 0 aliphatic heterocycles. The molecule has 1 atom stereocenters. The number of hydrogen-bond donors (Lipinski definition) is 1. The molecule has 1 unspecified atom stereocenters. The number of ether oxygens (including phenoxy) is 2. The van der Waals surface area contributed by atoms with Gasteiger partial charge in [-0.15, -0.1) is 0 Å². The van der Waals surface area contributed by atoms with Gasteiger partial charge in [-0.1, -0.05) is 0 Å². The Morgan fingerprint density at radius 1 is 1.18 bits per heavy atom. The van der Waals surface area contributed by atoms with Gasteiger partial charge in [0.05, 0.1) is 13.4 Å². The largest absolute Gasteiger partial charge is 0.497 e. The van der Waals surface area contributed by atoms with Crippen LogP contribution in [0.4, 0.5) is 0 Å². The van der Waals surface area contributed by atoms with Crippen molar-refractivity contribution in [3.05, 3.63) is 48.4 Å². The number of aliphatic hydroxyl groups is 1. The van der Waals surface area contributed by atoms with E-state index in [1.54, 1.807) is 43.5 Å². The summed E-state index contributed by atoms with van der Waals surface area (Å²) in [4.78, 5) is 0. The Labute approximate surface area is 99.4 Å². The molecule has 1 aromatic carbocycles. The third-order valence-corrected chi connectivity index (χ3v) is 2.34. The first-order valence-electron chi connectivity index (χ1n) is 5.28. The van der Waals surface area contributed by atoms with Crippen LogP contribution in [0.3, 0.4) is 0 Å². The first kappa shape index (κ1) is 11.5. The molecule has 0 saturated heterocycles. The van der Waals surface area contributed by atoms with E-state index in [0.717, 1.165) is 5.75 Å². The molecule has 0 aliphatic rings. The third kappa shape index (κ3) is 3.01. The number of methoxy groups -OCH3 is 1. The predicted molar refractivity (Wildman–Crippen MR) is 62.2 cm³/mol. The molecule has 90 valence electrons. The van der Waals surface area contributed by atoms with E-state index >= 15 is 0 Å². The molecule has 0 amide bonds.